The molecule has 0 fully saturated rings. The Balaban J connectivity index is 2.86. The highest BCUT2D eigenvalue weighted by molar-refractivity contribution is 5.76. The minimum Gasteiger partial charge on any atom is -0.423 e. The summed E-state index contributed by atoms with van der Waals surface area (Å²) in [7, 11) is 0. The molecular formula is C20H30O4. The molecule has 24 heavy (non-hydrogen) atoms. The maximum absolute atomic E-state index is 11.9. The van der Waals surface area contributed by atoms with Crippen LogP contribution in [0.2, 0.25) is 0 Å². The molecule has 4 heteroatoms. The van der Waals surface area contributed by atoms with Gasteiger partial charge in [0.25, 0.3) is 0 Å². The molecule has 0 aliphatic rings. The lowest BCUT2D eigenvalue weighted by Gasteiger charge is -2.12. The number of benzene rings is 1. The Hall–Kier alpha value is -1.84. The first-order valence-electron chi connectivity index (χ1n) is 9.14. The molecule has 0 N–H and O–H groups in total. The number of aryl methyl sites for hydroxylation is 1. The predicted molar refractivity (Wildman–Crippen MR) is 95.4 cm³/mol. The third-order valence-corrected chi connectivity index (χ3v) is 3.74. The van der Waals surface area contributed by atoms with E-state index in [1.165, 1.54) is 0 Å². The summed E-state index contributed by atoms with van der Waals surface area (Å²) in [4.78, 5) is 23.8. The molecule has 1 rings (SSSR count). The van der Waals surface area contributed by atoms with Gasteiger partial charge in [-0.2, -0.15) is 0 Å². The van der Waals surface area contributed by atoms with Crippen LogP contribution in [0, 0.1) is 0 Å². The number of hydrogen-bond acceptors (Lipinski definition) is 4. The molecule has 1 aromatic rings. The number of ether oxygens (including phenoxy) is 2. The molecular weight excluding hydrogens is 304 g/mol. The number of carbonyl (C=O) groups excluding carboxylic acids is 2. The number of unbranched alkanes of at least 4 members (excludes halogenated alkanes) is 3. The van der Waals surface area contributed by atoms with E-state index in [-0.39, 0.29) is 11.9 Å². The first-order valence-corrected chi connectivity index (χ1v) is 9.14. The van der Waals surface area contributed by atoms with Crippen LogP contribution in [-0.2, 0) is 16.0 Å². The van der Waals surface area contributed by atoms with Gasteiger partial charge in [-0.05, 0) is 43.4 Å². The molecule has 4 nitrogen and oxygen atoms in total. The van der Waals surface area contributed by atoms with Crippen molar-refractivity contribution in [3.8, 4) is 11.5 Å². The summed E-state index contributed by atoms with van der Waals surface area (Å²) < 4.78 is 10.9. The summed E-state index contributed by atoms with van der Waals surface area (Å²) in [6, 6.07) is 5.49. The second-order valence-corrected chi connectivity index (χ2v) is 6.04. The first-order chi connectivity index (χ1) is 11.6. The van der Waals surface area contributed by atoms with Gasteiger partial charge in [-0.1, -0.05) is 46.1 Å². The van der Waals surface area contributed by atoms with E-state index in [9.17, 15) is 9.59 Å². The molecule has 0 saturated heterocycles. The second kappa shape index (κ2) is 11.7. The molecule has 0 heterocycles. The van der Waals surface area contributed by atoms with E-state index in [1.807, 2.05) is 26.0 Å². The monoisotopic (exact) mass is 334 g/mol. The number of carbonyl (C=O) groups is 2. The zero-order chi connectivity index (χ0) is 17.8. The van der Waals surface area contributed by atoms with Crippen molar-refractivity contribution < 1.29 is 19.1 Å². The third-order valence-electron chi connectivity index (χ3n) is 3.74. The highest BCUT2D eigenvalue weighted by atomic mass is 16.6. The van der Waals surface area contributed by atoms with Crippen LogP contribution in [0.5, 0.6) is 11.5 Å². The number of rotatable bonds is 11. The van der Waals surface area contributed by atoms with Gasteiger partial charge in [0.05, 0.1) is 0 Å². The Morgan fingerprint density at radius 2 is 1.33 bits per heavy atom. The summed E-state index contributed by atoms with van der Waals surface area (Å²) in [6.07, 6.45) is 7.28. The van der Waals surface area contributed by atoms with Gasteiger partial charge >= 0.3 is 11.9 Å². The summed E-state index contributed by atoms with van der Waals surface area (Å²) in [6.45, 7) is 6.19. The van der Waals surface area contributed by atoms with Gasteiger partial charge in [0.2, 0.25) is 0 Å². The van der Waals surface area contributed by atoms with Crippen molar-refractivity contribution in [2.45, 2.75) is 78.6 Å². The summed E-state index contributed by atoms with van der Waals surface area (Å²) in [5.74, 6) is 0.120. The minimum atomic E-state index is -0.288. The second-order valence-electron chi connectivity index (χ2n) is 6.04. The number of hydrogen-bond donors (Lipinski definition) is 0. The van der Waals surface area contributed by atoms with E-state index < -0.39 is 0 Å². The zero-order valence-electron chi connectivity index (χ0n) is 15.2. The van der Waals surface area contributed by atoms with Gasteiger partial charge in [-0.15, -0.1) is 0 Å². The molecule has 0 radical (unpaired) electrons. The Morgan fingerprint density at radius 3 is 1.88 bits per heavy atom. The third kappa shape index (κ3) is 7.62. The summed E-state index contributed by atoms with van der Waals surface area (Å²) in [5, 5.41) is 0. The van der Waals surface area contributed by atoms with Crippen LogP contribution in [0.1, 0.15) is 77.7 Å². The Morgan fingerprint density at radius 1 is 0.792 bits per heavy atom. The van der Waals surface area contributed by atoms with E-state index in [0.717, 1.165) is 50.5 Å². The van der Waals surface area contributed by atoms with Crippen molar-refractivity contribution in [1.82, 2.24) is 0 Å². The smallest absolute Gasteiger partial charge is 0.311 e. The zero-order valence-corrected chi connectivity index (χ0v) is 15.2. The lowest BCUT2D eigenvalue weighted by molar-refractivity contribution is -0.137. The normalized spacial score (nSPS) is 10.5. The van der Waals surface area contributed by atoms with Crippen LogP contribution in [0.25, 0.3) is 0 Å². The molecule has 0 bridgehead atoms. The largest absolute Gasteiger partial charge is 0.423 e. The van der Waals surface area contributed by atoms with Crippen LogP contribution >= 0.6 is 0 Å². The first kappa shape index (κ1) is 20.2. The predicted octanol–water partition coefficient (Wildman–Crippen LogP) is 5.22. The fourth-order valence-corrected chi connectivity index (χ4v) is 2.24. The topological polar surface area (TPSA) is 52.6 Å². The Kier molecular flexibility index (Phi) is 9.81. The van der Waals surface area contributed by atoms with E-state index >= 15 is 0 Å². The van der Waals surface area contributed by atoms with E-state index in [0.29, 0.717) is 24.3 Å². The highest BCUT2D eigenvalue weighted by Gasteiger charge is 2.14. The Bertz CT molecular complexity index is 522. The van der Waals surface area contributed by atoms with Crippen molar-refractivity contribution in [3.05, 3.63) is 23.8 Å². The molecule has 0 aromatic heterocycles. The average molecular weight is 334 g/mol. The molecule has 1 aromatic carbocycles. The van der Waals surface area contributed by atoms with Crippen molar-refractivity contribution in [1.29, 1.82) is 0 Å². The van der Waals surface area contributed by atoms with Gasteiger partial charge < -0.3 is 9.47 Å². The van der Waals surface area contributed by atoms with Gasteiger partial charge in [0.15, 0.2) is 11.5 Å². The van der Waals surface area contributed by atoms with Crippen molar-refractivity contribution in [2.24, 2.45) is 0 Å². The highest BCUT2D eigenvalue weighted by Crippen LogP contribution is 2.30. The van der Waals surface area contributed by atoms with Crippen LogP contribution in [-0.4, -0.2) is 11.9 Å². The van der Waals surface area contributed by atoms with Crippen molar-refractivity contribution in [3.63, 3.8) is 0 Å². The van der Waals surface area contributed by atoms with Crippen LogP contribution in [0.4, 0.5) is 0 Å². The van der Waals surface area contributed by atoms with Gasteiger partial charge in [-0.25, -0.2) is 0 Å². The Labute approximate surface area is 145 Å². The quantitative estimate of drug-likeness (QED) is 0.411. The average Bonchev–Trinajstić information content (AvgIpc) is 2.58. The van der Waals surface area contributed by atoms with Gasteiger partial charge in [-0.3, -0.25) is 9.59 Å². The van der Waals surface area contributed by atoms with Crippen LogP contribution in [0.3, 0.4) is 0 Å². The number of esters is 2. The molecule has 0 amide bonds. The SMILES string of the molecule is CCCCC(=O)Oc1ccc(CCCC)cc1OC(=O)CCCC. The molecule has 0 aliphatic heterocycles. The summed E-state index contributed by atoms with van der Waals surface area (Å²) >= 11 is 0. The van der Waals surface area contributed by atoms with Crippen LogP contribution in [0.15, 0.2) is 18.2 Å². The van der Waals surface area contributed by atoms with Gasteiger partial charge in [0, 0.05) is 12.8 Å². The molecule has 0 unspecified atom stereocenters. The maximum Gasteiger partial charge on any atom is 0.311 e. The molecule has 0 aliphatic carbocycles. The van der Waals surface area contributed by atoms with Crippen molar-refractivity contribution in [2.75, 3.05) is 0 Å². The van der Waals surface area contributed by atoms with Crippen LogP contribution < -0.4 is 9.47 Å². The fourth-order valence-electron chi connectivity index (χ4n) is 2.24. The molecule has 0 atom stereocenters. The maximum atomic E-state index is 11.9. The lowest BCUT2D eigenvalue weighted by atomic mass is 10.1. The van der Waals surface area contributed by atoms with E-state index in [4.69, 9.17) is 9.47 Å². The van der Waals surface area contributed by atoms with E-state index in [1.54, 1.807) is 6.07 Å². The molecule has 0 saturated carbocycles. The standard InChI is InChI=1S/C20H30O4/c1-4-7-10-16-13-14-17(23-19(21)11-8-5-2)18(15-16)24-20(22)12-9-6-3/h13-15H,4-12H2,1-3H3. The summed E-state index contributed by atoms with van der Waals surface area (Å²) in [5.41, 5.74) is 1.09. The van der Waals surface area contributed by atoms with E-state index in [2.05, 4.69) is 6.92 Å². The van der Waals surface area contributed by atoms with Gasteiger partial charge in [0.1, 0.15) is 0 Å². The molecule has 0 spiro atoms. The minimum absolute atomic E-state index is 0.282. The fraction of sp³-hybridized carbons (Fsp3) is 0.600. The van der Waals surface area contributed by atoms with Crippen molar-refractivity contribution >= 4 is 11.9 Å². The lowest BCUT2D eigenvalue weighted by Crippen LogP contribution is -2.12. The molecule has 134 valence electrons.